The Morgan fingerprint density at radius 3 is 2.18 bits per heavy atom. The average Bonchev–Trinajstić information content (AvgIpc) is 3.03. The fourth-order valence-electron chi connectivity index (χ4n) is 4.99. The first kappa shape index (κ1) is 30.6. The van der Waals surface area contributed by atoms with Crippen molar-refractivity contribution in [1.29, 1.82) is 0 Å². The molecular formula is C32H31ClN2O9. The van der Waals surface area contributed by atoms with Crippen molar-refractivity contribution < 1.29 is 32.8 Å². The summed E-state index contributed by atoms with van der Waals surface area (Å²) in [4.78, 5) is 31.5. The van der Waals surface area contributed by atoms with Crippen molar-refractivity contribution >= 4 is 33.5 Å². The molecule has 44 heavy (non-hydrogen) atoms. The highest BCUT2D eigenvalue weighted by Gasteiger charge is 2.24. The first-order valence-corrected chi connectivity index (χ1v) is 13.9. The Bertz CT molecular complexity index is 1960. The van der Waals surface area contributed by atoms with Crippen LogP contribution in [0.1, 0.15) is 12.0 Å². The number of benzene rings is 3. The third-order valence-electron chi connectivity index (χ3n) is 7.09. The van der Waals surface area contributed by atoms with Crippen molar-refractivity contribution in [3.63, 3.8) is 0 Å². The molecule has 3 aromatic carbocycles. The van der Waals surface area contributed by atoms with Gasteiger partial charge in [-0.05, 0) is 43.2 Å². The molecule has 0 saturated carbocycles. The number of rotatable bonds is 11. The number of nitrogens with zero attached hydrogens (tertiary/aromatic N) is 2. The smallest absolute Gasteiger partial charge is 0.261 e. The second-order valence-electron chi connectivity index (χ2n) is 9.79. The van der Waals surface area contributed by atoms with Crippen LogP contribution in [0, 0.1) is 6.92 Å². The van der Waals surface area contributed by atoms with E-state index in [-0.39, 0.29) is 46.9 Å². The maximum absolute atomic E-state index is 14.0. The quantitative estimate of drug-likeness (QED) is 0.171. The Morgan fingerprint density at radius 1 is 0.841 bits per heavy atom. The normalized spacial score (nSPS) is 11.1. The molecule has 0 aliphatic carbocycles. The summed E-state index contributed by atoms with van der Waals surface area (Å²) < 4.78 is 41.3. The van der Waals surface area contributed by atoms with Gasteiger partial charge in [0.15, 0.2) is 17.3 Å². The third-order valence-corrected chi connectivity index (χ3v) is 7.38. The summed E-state index contributed by atoms with van der Waals surface area (Å²) in [5, 5.41) is 1.03. The van der Waals surface area contributed by atoms with Gasteiger partial charge in [0, 0.05) is 24.2 Å². The SMILES string of the molecule is COc1cc(OC)c2c(=O)c(OCCCn3cnc4c(Cl)cc(C)cc4c3=O)c(-c3cc(OC)c(OC)c(OC)c3)oc2c1. The largest absolute Gasteiger partial charge is 0.496 e. The highest BCUT2D eigenvalue weighted by molar-refractivity contribution is 6.35. The van der Waals surface area contributed by atoms with Crippen LogP contribution < -0.4 is 39.4 Å². The van der Waals surface area contributed by atoms with Crippen LogP contribution in [-0.2, 0) is 6.54 Å². The first-order valence-electron chi connectivity index (χ1n) is 13.6. The minimum atomic E-state index is -0.454. The van der Waals surface area contributed by atoms with Gasteiger partial charge in [0.1, 0.15) is 22.5 Å². The molecule has 2 heterocycles. The average molecular weight is 623 g/mol. The molecule has 2 aromatic heterocycles. The Balaban J connectivity index is 1.56. The van der Waals surface area contributed by atoms with E-state index in [0.29, 0.717) is 50.9 Å². The van der Waals surface area contributed by atoms with Crippen LogP contribution in [0.2, 0.25) is 5.02 Å². The molecular weight excluding hydrogens is 592 g/mol. The third kappa shape index (κ3) is 5.58. The van der Waals surface area contributed by atoms with Gasteiger partial charge in [-0.2, -0.15) is 0 Å². The molecule has 0 saturated heterocycles. The predicted octanol–water partition coefficient (Wildman–Crippen LogP) is 5.64. The molecule has 0 aliphatic rings. The summed E-state index contributed by atoms with van der Waals surface area (Å²) in [5.41, 5.74) is 1.30. The minimum absolute atomic E-state index is 0.0540. The van der Waals surface area contributed by atoms with Crippen LogP contribution >= 0.6 is 11.6 Å². The summed E-state index contributed by atoms with van der Waals surface area (Å²) in [5.74, 6) is 1.87. The fourth-order valence-corrected chi connectivity index (χ4v) is 5.31. The zero-order valence-electron chi connectivity index (χ0n) is 25.1. The van der Waals surface area contributed by atoms with E-state index in [1.807, 2.05) is 6.92 Å². The molecule has 12 heteroatoms. The molecule has 0 N–H and O–H groups in total. The summed E-state index contributed by atoms with van der Waals surface area (Å²) in [6, 6.07) is 10.0. The van der Waals surface area contributed by atoms with Gasteiger partial charge in [0.05, 0.1) is 64.4 Å². The number of fused-ring (bicyclic) bond motifs is 2. The second-order valence-corrected chi connectivity index (χ2v) is 10.2. The number of ether oxygens (including phenoxy) is 6. The first-order chi connectivity index (χ1) is 21.2. The zero-order chi connectivity index (χ0) is 31.5. The molecule has 5 rings (SSSR count). The van der Waals surface area contributed by atoms with Crippen molar-refractivity contribution in [3.05, 3.63) is 73.9 Å². The Labute approximate surface area is 257 Å². The molecule has 0 atom stereocenters. The van der Waals surface area contributed by atoms with E-state index in [0.717, 1.165) is 5.56 Å². The molecule has 0 spiro atoms. The predicted molar refractivity (Wildman–Crippen MR) is 167 cm³/mol. The monoisotopic (exact) mass is 622 g/mol. The molecule has 0 radical (unpaired) electrons. The lowest BCUT2D eigenvalue weighted by Crippen LogP contribution is -2.22. The van der Waals surface area contributed by atoms with Crippen molar-refractivity contribution in [2.24, 2.45) is 0 Å². The van der Waals surface area contributed by atoms with E-state index in [1.165, 1.54) is 46.4 Å². The maximum atomic E-state index is 14.0. The van der Waals surface area contributed by atoms with Crippen LogP contribution in [0.25, 0.3) is 33.2 Å². The van der Waals surface area contributed by atoms with Crippen LogP contribution in [0.5, 0.6) is 34.5 Å². The highest BCUT2D eigenvalue weighted by atomic mass is 35.5. The maximum Gasteiger partial charge on any atom is 0.261 e. The van der Waals surface area contributed by atoms with Crippen LogP contribution in [0.3, 0.4) is 0 Å². The van der Waals surface area contributed by atoms with Gasteiger partial charge in [-0.25, -0.2) is 4.98 Å². The number of hydrogen-bond donors (Lipinski definition) is 0. The van der Waals surface area contributed by atoms with Gasteiger partial charge >= 0.3 is 0 Å². The number of methoxy groups -OCH3 is 5. The molecule has 11 nitrogen and oxygen atoms in total. The van der Waals surface area contributed by atoms with E-state index >= 15 is 0 Å². The lowest BCUT2D eigenvalue weighted by atomic mass is 10.1. The standard InChI is InChI=1S/C32H31ClN2O9/c1-17-10-20-27(21(33)11-17)34-16-35(32(20)37)8-7-9-43-31-28(36)26-22(39-3)14-19(38-2)15-23(26)44-29(31)18-12-24(40-4)30(42-6)25(13-18)41-5/h10-16H,7-9H2,1-6H3. The zero-order valence-corrected chi connectivity index (χ0v) is 25.9. The molecule has 230 valence electrons. The van der Waals surface area contributed by atoms with E-state index in [1.54, 1.807) is 36.4 Å². The van der Waals surface area contributed by atoms with Gasteiger partial charge in [0.2, 0.25) is 16.9 Å². The van der Waals surface area contributed by atoms with E-state index in [9.17, 15) is 9.59 Å². The van der Waals surface area contributed by atoms with Gasteiger partial charge < -0.3 is 32.8 Å². The van der Waals surface area contributed by atoms with Gasteiger partial charge in [0.25, 0.3) is 5.56 Å². The van der Waals surface area contributed by atoms with Crippen molar-refractivity contribution in [2.75, 3.05) is 42.2 Å². The summed E-state index contributed by atoms with van der Waals surface area (Å²) >= 11 is 6.29. The van der Waals surface area contributed by atoms with Crippen LogP contribution in [0.15, 0.2) is 56.7 Å². The Hall–Kier alpha value is -4.90. The molecule has 0 fully saturated rings. The van der Waals surface area contributed by atoms with E-state index in [4.69, 9.17) is 44.4 Å². The van der Waals surface area contributed by atoms with Gasteiger partial charge in [-0.15, -0.1) is 0 Å². The fraction of sp³-hybridized carbons (Fsp3) is 0.281. The lowest BCUT2D eigenvalue weighted by Gasteiger charge is -2.17. The summed E-state index contributed by atoms with van der Waals surface area (Å²) in [6.07, 6.45) is 1.83. The summed E-state index contributed by atoms with van der Waals surface area (Å²) in [7, 11) is 7.43. The van der Waals surface area contributed by atoms with E-state index in [2.05, 4.69) is 4.98 Å². The number of aryl methyl sites for hydroxylation is 2. The topological polar surface area (TPSA) is 120 Å². The lowest BCUT2D eigenvalue weighted by molar-refractivity contribution is 0.293. The second kappa shape index (κ2) is 12.8. The van der Waals surface area contributed by atoms with Crippen molar-refractivity contribution in [1.82, 2.24) is 9.55 Å². The van der Waals surface area contributed by atoms with Crippen molar-refractivity contribution in [3.8, 4) is 45.8 Å². The van der Waals surface area contributed by atoms with Gasteiger partial charge in [-0.3, -0.25) is 14.2 Å². The highest BCUT2D eigenvalue weighted by Crippen LogP contribution is 2.44. The van der Waals surface area contributed by atoms with Gasteiger partial charge in [-0.1, -0.05) is 11.6 Å². The van der Waals surface area contributed by atoms with E-state index < -0.39 is 5.43 Å². The minimum Gasteiger partial charge on any atom is -0.496 e. The molecule has 5 aromatic rings. The summed E-state index contributed by atoms with van der Waals surface area (Å²) in [6.45, 7) is 2.22. The van der Waals surface area contributed by atoms with Crippen LogP contribution in [0.4, 0.5) is 0 Å². The number of hydrogen-bond acceptors (Lipinski definition) is 10. The molecule has 0 aliphatic heterocycles. The number of aromatic nitrogens is 2. The Morgan fingerprint density at radius 2 is 1.55 bits per heavy atom. The van der Waals surface area contributed by atoms with Crippen molar-refractivity contribution in [2.45, 2.75) is 19.9 Å². The Kier molecular flexibility index (Phi) is 8.86. The number of halogens is 1. The molecule has 0 unspecified atom stereocenters. The van der Waals surface area contributed by atoms with Crippen LogP contribution in [-0.4, -0.2) is 51.7 Å². The molecule has 0 bridgehead atoms. The molecule has 0 amide bonds.